The van der Waals surface area contributed by atoms with Gasteiger partial charge in [0.15, 0.2) is 0 Å². The van der Waals surface area contributed by atoms with Crippen molar-refractivity contribution in [3.05, 3.63) is 35.4 Å². The lowest BCUT2D eigenvalue weighted by Gasteiger charge is -2.47. The lowest BCUT2D eigenvalue weighted by atomic mass is 9.82. The minimum Gasteiger partial charge on any atom is -0.349 e. The van der Waals surface area contributed by atoms with Crippen molar-refractivity contribution in [1.82, 2.24) is 10.2 Å². The first-order chi connectivity index (χ1) is 10.2. The third-order valence-electron chi connectivity index (χ3n) is 4.93. The molecule has 1 amide bonds. The number of hydrogen-bond donors (Lipinski definition) is 1. The molecular weight excluding hydrogens is 262 g/mol. The molecule has 1 aromatic carbocycles. The van der Waals surface area contributed by atoms with Crippen LogP contribution in [0.1, 0.15) is 48.0 Å². The Balaban J connectivity index is 1.66. The van der Waals surface area contributed by atoms with E-state index in [1.807, 2.05) is 0 Å². The molecule has 2 aliphatic rings. The summed E-state index contributed by atoms with van der Waals surface area (Å²) in [5.74, 6) is -0.0558. The van der Waals surface area contributed by atoms with Crippen LogP contribution in [0.3, 0.4) is 0 Å². The molecular formula is C17H21N3O. The largest absolute Gasteiger partial charge is 0.349 e. The van der Waals surface area contributed by atoms with Crippen molar-refractivity contribution < 1.29 is 4.79 Å². The van der Waals surface area contributed by atoms with Gasteiger partial charge in [0.25, 0.3) is 5.91 Å². The first-order valence-electron chi connectivity index (χ1n) is 7.70. The smallest absolute Gasteiger partial charge is 0.251 e. The lowest BCUT2D eigenvalue weighted by Crippen LogP contribution is -2.55. The second kappa shape index (κ2) is 5.87. The number of hydrogen-bond acceptors (Lipinski definition) is 3. The molecule has 0 aromatic heterocycles. The highest BCUT2D eigenvalue weighted by Gasteiger charge is 2.36. The highest BCUT2D eigenvalue weighted by Crippen LogP contribution is 2.32. The standard InChI is InChI=1S/C17H21N3O/c1-20-15-6-3-7-16(20)10-14(9-15)19-17(21)13-5-2-4-12(8-13)11-18/h2,4-5,8,14-16H,3,6-7,9-10H2,1H3,(H,19,21). The number of nitrogens with zero attached hydrogens (tertiary/aromatic N) is 2. The zero-order valence-corrected chi connectivity index (χ0v) is 12.4. The van der Waals surface area contributed by atoms with E-state index in [9.17, 15) is 4.79 Å². The summed E-state index contributed by atoms with van der Waals surface area (Å²) in [6.45, 7) is 0. The summed E-state index contributed by atoms with van der Waals surface area (Å²) in [6.07, 6.45) is 5.87. The van der Waals surface area contributed by atoms with Gasteiger partial charge < -0.3 is 10.2 Å². The number of fused-ring (bicyclic) bond motifs is 2. The van der Waals surface area contributed by atoms with Gasteiger partial charge in [-0.3, -0.25) is 4.79 Å². The molecule has 4 nitrogen and oxygen atoms in total. The highest BCUT2D eigenvalue weighted by molar-refractivity contribution is 5.94. The molecule has 2 bridgehead atoms. The number of nitriles is 1. The van der Waals surface area contributed by atoms with Crippen molar-refractivity contribution in [3.8, 4) is 6.07 Å². The van der Waals surface area contributed by atoms with E-state index in [-0.39, 0.29) is 11.9 Å². The fraction of sp³-hybridized carbons (Fsp3) is 0.529. The topological polar surface area (TPSA) is 56.1 Å². The van der Waals surface area contributed by atoms with E-state index in [1.54, 1.807) is 24.3 Å². The third kappa shape index (κ3) is 2.93. The molecule has 2 atom stereocenters. The maximum absolute atomic E-state index is 12.3. The van der Waals surface area contributed by atoms with E-state index in [1.165, 1.54) is 19.3 Å². The molecule has 21 heavy (non-hydrogen) atoms. The first kappa shape index (κ1) is 14.1. The Kier molecular flexibility index (Phi) is 3.94. The molecule has 3 rings (SSSR count). The van der Waals surface area contributed by atoms with Crippen molar-refractivity contribution in [1.29, 1.82) is 5.26 Å². The van der Waals surface area contributed by atoms with Crippen LogP contribution in [0, 0.1) is 11.3 Å². The number of carbonyl (C=O) groups is 1. The molecule has 110 valence electrons. The maximum Gasteiger partial charge on any atom is 0.251 e. The number of benzene rings is 1. The third-order valence-corrected chi connectivity index (χ3v) is 4.93. The van der Waals surface area contributed by atoms with Gasteiger partial charge in [-0.2, -0.15) is 5.26 Å². The number of piperidine rings is 2. The van der Waals surface area contributed by atoms with Crippen molar-refractivity contribution in [2.75, 3.05) is 7.05 Å². The Hall–Kier alpha value is -1.86. The van der Waals surface area contributed by atoms with E-state index in [4.69, 9.17) is 5.26 Å². The molecule has 4 heteroatoms. The van der Waals surface area contributed by atoms with Crippen LogP contribution in [0.5, 0.6) is 0 Å². The monoisotopic (exact) mass is 283 g/mol. The van der Waals surface area contributed by atoms with Crippen molar-refractivity contribution in [3.63, 3.8) is 0 Å². The van der Waals surface area contributed by atoms with Gasteiger partial charge in [0.2, 0.25) is 0 Å². The molecule has 2 saturated heterocycles. The van der Waals surface area contributed by atoms with Gasteiger partial charge in [-0.25, -0.2) is 0 Å². The summed E-state index contributed by atoms with van der Waals surface area (Å²) in [5.41, 5.74) is 1.11. The summed E-state index contributed by atoms with van der Waals surface area (Å²) < 4.78 is 0. The fourth-order valence-corrected chi connectivity index (χ4v) is 3.73. The van der Waals surface area contributed by atoms with Crippen LogP contribution < -0.4 is 5.32 Å². The molecule has 2 heterocycles. The number of rotatable bonds is 2. The predicted molar refractivity (Wildman–Crippen MR) is 80.8 cm³/mol. The SMILES string of the molecule is CN1C2CCCC1CC(NC(=O)c1cccc(C#N)c1)C2. The van der Waals surface area contributed by atoms with Crippen LogP contribution in [-0.4, -0.2) is 36.0 Å². The Morgan fingerprint density at radius 2 is 2.05 bits per heavy atom. The van der Waals surface area contributed by atoms with E-state index in [0.29, 0.717) is 23.2 Å². The van der Waals surface area contributed by atoms with Gasteiger partial charge in [0.1, 0.15) is 0 Å². The Bertz CT molecular complexity index is 564. The molecule has 0 aliphatic carbocycles. The maximum atomic E-state index is 12.3. The zero-order chi connectivity index (χ0) is 14.8. The molecule has 1 N–H and O–H groups in total. The van der Waals surface area contributed by atoms with E-state index < -0.39 is 0 Å². The average Bonchev–Trinajstić information content (AvgIpc) is 2.48. The van der Waals surface area contributed by atoms with Crippen LogP contribution in [-0.2, 0) is 0 Å². The second-order valence-electron chi connectivity index (χ2n) is 6.24. The van der Waals surface area contributed by atoms with Crippen molar-refractivity contribution >= 4 is 5.91 Å². The van der Waals surface area contributed by atoms with Gasteiger partial charge in [-0.1, -0.05) is 12.5 Å². The van der Waals surface area contributed by atoms with Crippen LogP contribution in [0.25, 0.3) is 0 Å². The number of amides is 1. The minimum atomic E-state index is -0.0558. The molecule has 2 aliphatic heterocycles. The zero-order valence-electron chi connectivity index (χ0n) is 12.4. The van der Waals surface area contributed by atoms with Crippen LogP contribution in [0.2, 0.25) is 0 Å². The van der Waals surface area contributed by atoms with Crippen LogP contribution >= 0.6 is 0 Å². The first-order valence-corrected chi connectivity index (χ1v) is 7.70. The fourth-order valence-electron chi connectivity index (χ4n) is 3.73. The quantitative estimate of drug-likeness (QED) is 0.906. The summed E-state index contributed by atoms with van der Waals surface area (Å²) in [5, 5.41) is 12.1. The Morgan fingerprint density at radius 1 is 1.33 bits per heavy atom. The van der Waals surface area contributed by atoms with Crippen LogP contribution in [0.4, 0.5) is 0 Å². The molecule has 0 spiro atoms. The second-order valence-corrected chi connectivity index (χ2v) is 6.24. The van der Waals surface area contributed by atoms with E-state index in [2.05, 4.69) is 23.3 Å². The van der Waals surface area contributed by atoms with Gasteiger partial charge >= 0.3 is 0 Å². The lowest BCUT2D eigenvalue weighted by molar-refractivity contribution is 0.0463. The average molecular weight is 283 g/mol. The highest BCUT2D eigenvalue weighted by atomic mass is 16.1. The Labute approximate surface area is 125 Å². The van der Waals surface area contributed by atoms with Gasteiger partial charge in [-0.15, -0.1) is 0 Å². The van der Waals surface area contributed by atoms with Crippen molar-refractivity contribution in [2.45, 2.75) is 50.2 Å². The molecule has 2 unspecified atom stereocenters. The van der Waals surface area contributed by atoms with Gasteiger partial charge in [0, 0.05) is 23.7 Å². The summed E-state index contributed by atoms with van der Waals surface area (Å²) in [6, 6.07) is 10.5. The summed E-state index contributed by atoms with van der Waals surface area (Å²) >= 11 is 0. The molecule has 0 radical (unpaired) electrons. The number of nitrogens with one attached hydrogen (secondary N) is 1. The molecule has 1 aromatic rings. The van der Waals surface area contributed by atoms with E-state index in [0.717, 1.165) is 12.8 Å². The molecule has 0 saturated carbocycles. The number of carbonyl (C=O) groups excluding carboxylic acids is 1. The molecule has 2 fully saturated rings. The predicted octanol–water partition coefficient (Wildman–Crippen LogP) is 2.30. The summed E-state index contributed by atoms with van der Waals surface area (Å²) in [4.78, 5) is 14.8. The summed E-state index contributed by atoms with van der Waals surface area (Å²) in [7, 11) is 2.21. The van der Waals surface area contributed by atoms with Gasteiger partial charge in [-0.05, 0) is 50.9 Å². The Morgan fingerprint density at radius 3 is 2.71 bits per heavy atom. The minimum absolute atomic E-state index is 0.0558. The van der Waals surface area contributed by atoms with Crippen LogP contribution in [0.15, 0.2) is 24.3 Å². The van der Waals surface area contributed by atoms with Crippen molar-refractivity contribution in [2.24, 2.45) is 0 Å². The van der Waals surface area contributed by atoms with E-state index >= 15 is 0 Å². The normalized spacial score (nSPS) is 28.7. The van der Waals surface area contributed by atoms with Gasteiger partial charge in [0.05, 0.1) is 11.6 Å².